The van der Waals surface area contributed by atoms with E-state index in [1.807, 2.05) is 24.3 Å². The predicted molar refractivity (Wildman–Crippen MR) is 128 cm³/mol. The summed E-state index contributed by atoms with van der Waals surface area (Å²) in [5.41, 5.74) is -1.39. The minimum Gasteiger partial charge on any atom is -0.334 e. The van der Waals surface area contributed by atoms with Crippen LogP contribution in [0.5, 0.6) is 0 Å². The third-order valence-electron chi connectivity index (χ3n) is 4.57. The largest absolute Gasteiger partial charge is 0.404 e. The van der Waals surface area contributed by atoms with Crippen LogP contribution in [-0.2, 0) is 30.8 Å². The molecular formula is C22H24BrF2N2O4PS. The molecule has 0 unspecified atom stereocenters. The Kier molecular flexibility index (Phi) is 8.86. The molecule has 3 rings (SSSR count). The molecule has 0 aliphatic carbocycles. The van der Waals surface area contributed by atoms with Gasteiger partial charge in [-0.3, -0.25) is 4.57 Å². The predicted octanol–water partition coefficient (Wildman–Crippen LogP) is 7.56. The van der Waals surface area contributed by atoms with Crippen molar-refractivity contribution in [1.29, 1.82) is 0 Å². The van der Waals surface area contributed by atoms with E-state index in [1.165, 1.54) is 19.9 Å². The second-order valence-electron chi connectivity index (χ2n) is 7.02. The lowest BCUT2D eigenvalue weighted by Crippen LogP contribution is -2.19. The number of hydrogen-bond donors (Lipinski definition) is 0. The number of thioether (sulfide) groups is 1. The molecule has 0 atom stereocenters. The van der Waals surface area contributed by atoms with Crippen molar-refractivity contribution in [2.75, 3.05) is 13.2 Å². The third kappa shape index (κ3) is 6.11. The zero-order valence-electron chi connectivity index (χ0n) is 18.4. The van der Waals surface area contributed by atoms with Crippen LogP contribution in [0.2, 0.25) is 0 Å². The van der Waals surface area contributed by atoms with Gasteiger partial charge in [-0.25, -0.2) is 0 Å². The Morgan fingerprint density at radius 1 is 1.06 bits per heavy atom. The monoisotopic (exact) mass is 560 g/mol. The zero-order chi connectivity index (χ0) is 24.1. The van der Waals surface area contributed by atoms with Gasteiger partial charge in [-0.1, -0.05) is 45.4 Å². The van der Waals surface area contributed by atoms with E-state index in [1.54, 1.807) is 30.8 Å². The Hall–Kier alpha value is -1.58. The highest BCUT2D eigenvalue weighted by atomic mass is 79.9. The van der Waals surface area contributed by atoms with Crippen molar-refractivity contribution in [1.82, 2.24) is 10.1 Å². The molecule has 0 bridgehead atoms. The minimum absolute atomic E-state index is 0.144. The molecule has 0 saturated carbocycles. The maximum atomic E-state index is 15.0. The Labute approximate surface area is 204 Å². The van der Waals surface area contributed by atoms with Crippen molar-refractivity contribution in [2.24, 2.45) is 0 Å². The summed E-state index contributed by atoms with van der Waals surface area (Å²) < 4.78 is 57.8. The first-order valence-electron chi connectivity index (χ1n) is 10.2. The number of aryl methyl sites for hydroxylation is 1. The van der Waals surface area contributed by atoms with Crippen LogP contribution in [0.3, 0.4) is 0 Å². The smallest absolute Gasteiger partial charge is 0.334 e. The number of halogens is 3. The summed E-state index contributed by atoms with van der Waals surface area (Å²) in [6.07, 6.45) is 0. The van der Waals surface area contributed by atoms with E-state index in [0.29, 0.717) is 17.5 Å². The number of aromatic nitrogens is 2. The van der Waals surface area contributed by atoms with Crippen LogP contribution in [0.4, 0.5) is 8.78 Å². The molecule has 0 spiro atoms. The first-order chi connectivity index (χ1) is 15.7. The zero-order valence-corrected chi connectivity index (χ0v) is 21.7. The molecule has 0 radical (unpaired) electrons. The van der Waals surface area contributed by atoms with Crippen molar-refractivity contribution >= 4 is 35.3 Å². The molecule has 3 aromatic rings. The maximum absolute atomic E-state index is 15.0. The summed E-state index contributed by atoms with van der Waals surface area (Å²) in [7, 11) is -4.66. The highest BCUT2D eigenvalue weighted by Gasteiger charge is 2.55. The van der Waals surface area contributed by atoms with Crippen molar-refractivity contribution in [2.45, 2.75) is 37.9 Å². The summed E-state index contributed by atoms with van der Waals surface area (Å²) in [4.78, 5) is 4.21. The Morgan fingerprint density at radius 3 is 2.21 bits per heavy atom. The second-order valence-corrected chi connectivity index (χ2v) is 10.9. The van der Waals surface area contributed by atoms with Gasteiger partial charge in [0.2, 0.25) is 0 Å². The Bertz CT molecular complexity index is 1120. The molecule has 0 saturated heterocycles. The molecule has 0 fully saturated rings. The van der Waals surface area contributed by atoms with E-state index >= 15 is 8.78 Å². The molecule has 1 aromatic heterocycles. The van der Waals surface area contributed by atoms with Crippen LogP contribution in [0, 0.1) is 6.92 Å². The third-order valence-corrected chi connectivity index (χ3v) is 8.42. The van der Waals surface area contributed by atoms with Crippen LogP contribution < -0.4 is 0 Å². The van der Waals surface area contributed by atoms with Gasteiger partial charge >= 0.3 is 13.3 Å². The van der Waals surface area contributed by atoms with E-state index in [0.717, 1.165) is 22.4 Å². The van der Waals surface area contributed by atoms with Gasteiger partial charge in [0.15, 0.2) is 5.82 Å². The molecule has 178 valence electrons. The van der Waals surface area contributed by atoms with E-state index in [2.05, 4.69) is 26.1 Å². The molecule has 2 aromatic carbocycles. The lowest BCUT2D eigenvalue weighted by atomic mass is 10.1. The highest BCUT2D eigenvalue weighted by molar-refractivity contribution is 9.10. The lowest BCUT2D eigenvalue weighted by molar-refractivity contribution is 0.0354. The molecule has 1 heterocycles. The molecule has 6 nitrogen and oxygen atoms in total. The number of benzene rings is 2. The second kappa shape index (κ2) is 11.2. The molecule has 0 aliphatic heterocycles. The van der Waals surface area contributed by atoms with Gasteiger partial charge in [-0.2, -0.15) is 25.5 Å². The highest BCUT2D eigenvalue weighted by Crippen LogP contribution is 2.67. The van der Waals surface area contributed by atoms with Crippen LogP contribution in [0.25, 0.3) is 11.5 Å². The first-order valence-corrected chi connectivity index (χ1v) is 13.7. The van der Waals surface area contributed by atoms with Gasteiger partial charge < -0.3 is 13.6 Å². The van der Waals surface area contributed by atoms with Crippen LogP contribution in [0.1, 0.15) is 36.4 Å². The number of rotatable bonds is 11. The maximum Gasteiger partial charge on any atom is 0.404 e. The molecule has 11 heteroatoms. The minimum atomic E-state index is -4.66. The first kappa shape index (κ1) is 26.0. The number of nitrogens with zero attached hydrogens (tertiary/aromatic N) is 2. The van der Waals surface area contributed by atoms with E-state index in [-0.39, 0.29) is 17.7 Å². The summed E-state index contributed by atoms with van der Waals surface area (Å²) in [6.45, 7) is 4.47. The molecule has 0 aliphatic rings. The summed E-state index contributed by atoms with van der Waals surface area (Å²) in [5, 5.41) is 3.79. The molecule has 0 amide bonds. The molecule has 33 heavy (non-hydrogen) atoms. The Morgan fingerprint density at radius 2 is 1.67 bits per heavy atom. The summed E-state index contributed by atoms with van der Waals surface area (Å²) >= 11 is 4.85. The van der Waals surface area contributed by atoms with Gasteiger partial charge in [0.05, 0.1) is 13.2 Å². The van der Waals surface area contributed by atoms with Crippen molar-refractivity contribution in [3.8, 4) is 11.5 Å². The number of alkyl halides is 2. The quantitative estimate of drug-likeness (QED) is 0.224. The average molecular weight is 561 g/mol. The normalized spacial score (nSPS) is 12.3. The standard InChI is InChI=1S/C22H24BrF2N2O4PS/c1-4-29-32(28,30-5-2)22(24,25)19-11-8-17(12-20(19)23)14-33-13-16-6-9-18(10-7-16)21-26-15(3)27-31-21/h6-12H,4-5,13-14H2,1-3H3. The van der Waals surface area contributed by atoms with Gasteiger partial charge in [0, 0.05) is 27.1 Å². The fourth-order valence-electron chi connectivity index (χ4n) is 3.02. The van der Waals surface area contributed by atoms with Gasteiger partial charge in [0.25, 0.3) is 5.89 Å². The molecular weight excluding hydrogens is 537 g/mol. The van der Waals surface area contributed by atoms with Gasteiger partial charge in [0.1, 0.15) is 0 Å². The van der Waals surface area contributed by atoms with Crippen molar-refractivity contribution < 1.29 is 26.9 Å². The van der Waals surface area contributed by atoms with E-state index in [4.69, 9.17) is 13.6 Å². The van der Waals surface area contributed by atoms with E-state index in [9.17, 15) is 4.57 Å². The fraction of sp³-hybridized carbons (Fsp3) is 0.364. The SMILES string of the molecule is CCOP(=O)(OCC)C(F)(F)c1ccc(CSCc2ccc(-c3nc(C)no3)cc2)cc1Br. The topological polar surface area (TPSA) is 74.5 Å². The number of hydrogen-bond acceptors (Lipinski definition) is 7. The van der Waals surface area contributed by atoms with Gasteiger partial charge in [-0.15, -0.1) is 0 Å². The van der Waals surface area contributed by atoms with Crippen LogP contribution >= 0.6 is 35.3 Å². The molecule has 0 N–H and O–H groups in total. The van der Waals surface area contributed by atoms with Crippen LogP contribution in [-0.4, -0.2) is 23.4 Å². The summed E-state index contributed by atoms with van der Waals surface area (Å²) in [6, 6.07) is 12.3. The van der Waals surface area contributed by atoms with E-state index < -0.39 is 18.8 Å². The lowest BCUT2D eigenvalue weighted by Gasteiger charge is -2.26. The van der Waals surface area contributed by atoms with Gasteiger partial charge in [-0.05, 0) is 50.1 Å². The fourth-order valence-corrected chi connectivity index (χ4v) is 6.37. The van der Waals surface area contributed by atoms with Crippen LogP contribution in [0.15, 0.2) is 51.5 Å². The summed E-state index contributed by atoms with van der Waals surface area (Å²) in [5.74, 6) is 2.41. The van der Waals surface area contributed by atoms with Crippen molar-refractivity contribution in [3.05, 3.63) is 69.5 Å². The van der Waals surface area contributed by atoms with Crippen molar-refractivity contribution in [3.63, 3.8) is 0 Å². The Balaban J connectivity index is 1.64. The average Bonchev–Trinajstić information content (AvgIpc) is 3.20.